The molecule has 27 heavy (non-hydrogen) atoms. The number of hydrogen-bond donors (Lipinski definition) is 2. The fourth-order valence-electron chi connectivity index (χ4n) is 3.62. The van der Waals surface area contributed by atoms with E-state index in [1.54, 1.807) is 18.4 Å². The number of carbonyl (C=O) groups excluding carboxylic acids is 2. The standard InChI is InChI=1S/C20H23N3O4/c24-19(12-18-20(25)22-14-6-1-2-7-16(14)27-18)21-13-15(17-8-5-11-26-17)23-9-3-4-10-23/h1-2,5-8,11,15,18H,3-4,9-10,12-13H2,(H,21,24)(H,22,25)/t15-,18+/m0/s1. The van der Waals surface area contributed by atoms with E-state index in [2.05, 4.69) is 15.5 Å². The molecule has 1 fully saturated rings. The second-order valence-electron chi connectivity index (χ2n) is 6.87. The van der Waals surface area contributed by atoms with Gasteiger partial charge >= 0.3 is 0 Å². The molecule has 0 aliphatic carbocycles. The van der Waals surface area contributed by atoms with E-state index in [-0.39, 0.29) is 24.3 Å². The molecule has 2 atom stereocenters. The Morgan fingerprint density at radius 2 is 2.04 bits per heavy atom. The lowest BCUT2D eigenvalue weighted by Gasteiger charge is -2.27. The monoisotopic (exact) mass is 369 g/mol. The number of rotatable bonds is 6. The average molecular weight is 369 g/mol. The van der Waals surface area contributed by atoms with Crippen molar-refractivity contribution in [1.82, 2.24) is 10.2 Å². The van der Waals surface area contributed by atoms with E-state index in [0.717, 1.165) is 31.7 Å². The molecule has 0 unspecified atom stereocenters. The summed E-state index contributed by atoms with van der Waals surface area (Å²) in [7, 11) is 0. The number of fused-ring (bicyclic) bond motifs is 1. The smallest absolute Gasteiger partial charge is 0.266 e. The number of amides is 2. The molecule has 0 bridgehead atoms. The van der Waals surface area contributed by atoms with Crippen molar-refractivity contribution in [1.29, 1.82) is 0 Å². The Hall–Kier alpha value is -2.80. The van der Waals surface area contributed by atoms with Crippen molar-refractivity contribution in [2.24, 2.45) is 0 Å². The SMILES string of the molecule is O=C(C[C@H]1Oc2ccccc2NC1=O)NC[C@@H](c1ccco1)N1CCCC1. The van der Waals surface area contributed by atoms with E-state index in [1.807, 2.05) is 24.3 Å². The first-order chi connectivity index (χ1) is 13.2. The number of anilines is 1. The molecule has 2 aliphatic heterocycles. The summed E-state index contributed by atoms with van der Waals surface area (Å²) >= 11 is 0. The third-order valence-electron chi connectivity index (χ3n) is 5.02. The van der Waals surface area contributed by atoms with Gasteiger partial charge in [-0.1, -0.05) is 12.1 Å². The number of furan rings is 1. The molecule has 2 amide bonds. The highest BCUT2D eigenvalue weighted by Crippen LogP contribution is 2.29. The molecular weight excluding hydrogens is 346 g/mol. The zero-order chi connectivity index (χ0) is 18.6. The number of likely N-dealkylation sites (tertiary alicyclic amines) is 1. The Balaban J connectivity index is 1.35. The van der Waals surface area contributed by atoms with Gasteiger partial charge in [0.25, 0.3) is 5.91 Å². The van der Waals surface area contributed by atoms with Gasteiger partial charge < -0.3 is 19.8 Å². The van der Waals surface area contributed by atoms with Crippen LogP contribution in [-0.2, 0) is 9.59 Å². The van der Waals surface area contributed by atoms with Crippen LogP contribution in [0, 0.1) is 0 Å². The van der Waals surface area contributed by atoms with Crippen LogP contribution in [0.5, 0.6) is 5.75 Å². The van der Waals surface area contributed by atoms with Gasteiger partial charge in [-0.3, -0.25) is 14.5 Å². The minimum absolute atomic E-state index is 0.00766. The maximum atomic E-state index is 12.4. The van der Waals surface area contributed by atoms with Crippen molar-refractivity contribution < 1.29 is 18.7 Å². The predicted molar refractivity (Wildman–Crippen MR) is 99.4 cm³/mol. The Kier molecular flexibility index (Phi) is 5.11. The van der Waals surface area contributed by atoms with Crippen LogP contribution in [0.25, 0.3) is 0 Å². The largest absolute Gasteiger partial charge is 0.478 e. The molecule has 0 saturated carbocycles. The summed E-state index contributed by atoms with van der Waals surface area (Å²) in [4.78, 5) is 26.9. The van der Waals surface area contributed by atoms with Gasteiger partial charge in [-0.05, 0) is 50.2 Å². The average Bonchev–Trinajstić information content (AvgIpc) is 3.37. The number of nitrogens with zero attached hydrogens (tertiary/aromatic N) is 1. The molecule has 1 aromatic heterocycles. The maximum absolute atomic E-state index is 12.4. The Labute approximate surface area is 157 Å². The van der Waals surface area contributed by atoms with E-state index in [1.165, 1.54) is 0 Å². The van der Waals surface area contributed by atoms with Gasteiger partial charge in [-0.2, -0.15) is 0 Å². The van der Waals surface area contributed by atoms with Crippen LogP contribution >= 0.6 is 0 Å². The van der Waals surface area contributed by atoms with E-state index in [4.69, 9.17) is 9.15 Å². The summed E-state index contributed by atoms with van der Waals surface area (Å²) in [6.45, 7) is 2.43. The highest BCUT2D eigenvalue weighted by molar-refractivity contribution is 5.99. The summed E-state index contributed by atoms with van der Waals surface area (Å²) in [5, 5.41) is 5.72. The fraction of sp³-hybridized carbons (Fsp3) is 0.400. The Morgan fingerprint density at radius 3 is 2.81 bits per heavy atom. The van der Waals surface area contributed by atoms with E-state index in [0.29, 0.717) is 18.0 Å². The molecule has 4 rings (SSSR count). The quantitative estimate of drug-likeness (QED) is 0.816. The molecule has 3 heterocycles. The number of para-hydroxylation sites is 2. The Morgan fingerprint density at radius 1 is 1.22 bits per heavy atom. The van der Waals surface area contributed by atoms with Gasteiger partial charge in [0.05, 0.1) is 24.4 Å². The van der Waals surface area contributed by atoms with Crippen molar-refractivity contribution in [3.63, 3.8) is 0 Å². The van der Waals surface area contributed by atoms with Gasteiger partial charge in [-0.25, -0.2) is 0 Å². The lowest BCUT2D eigenvalue weighted by molar-refractivity contribution is -0.130. The maximum Gasteiger partial charge on any atom is 0.266 e. The van der Waals surface area contributed by atoms with E-state index >= 15 is 0 Å². The first kappa shape index (κ1) is 17.6. The van der Waals surface area contributed by atoms with Crippen molar-refractivity contribution in [2.45, 2.75) is 31.4 Å². The molecule has 7 heteroatoms. The summed E-state index contributed by atoms with van der Waals surface area (Å²) in [5.74, 6) is 0.912. The molecule has 7 nitrogen and oxygen atoms in total. The van der Waals surface area contributed by atoms with E-state index < -0.39 is 6.10 Å². The highest BCUT2D eigenvalue weighted by atomic mass is 16.5. The normalized spacial score (nSPS) is 20.4. The second-order valence-corrected chi connectivity index (χ2v) is 6.87. The highest BCUT2D eigenvalue weighted by Gasteiger charge is 2.31. The molecule has 0 radical (unpaired) electrons. The minimum Gasteiger partial charge on any atom is -0.478 e. The van der Waals surface area contributed by atoms with E-state index in [9.17, 15) is 9.59 Å². The molecule has 2 aromatic rings. The summed E-state index contributed by atoms with van der Waals surface area (Å²) in [5.41, 5.74) is 0.631. The molecule has 2 aliphatic rings. The van der Waals surface area contributed by atoms with Gasteiger partial charge in [-0.15, -0.1) is 0 Å². The number of benzene rings is 1. The number of hydrogen-bond acceptors (Lipinski definition) is 5. The van der Waals surface area contributed by atoms with Crippen molar-refractivity contribution in [2.75, 3.05) is 25.0 Å². The number of ether oxygens (including phenoxy) is 1. The molecule has 0 spiro atoms. The number of nitrogens with one attached hydrogen (secondary N) is 2. The second kappa shape index (κ2) is 7.84. The summed E-state index contributed by atoms with van der Waals surface area (Å²) < 4.78 is 11.3. The van der Waals surface area contributed by atoms with Gasteiger partial charge in [0, 0.05) is 6.54 Å². The first-order valence-electron chi connectivity index (χ1n) is 9.31. The van der Waals surface area contributed by atoms with Crippen molar-refractivity contribution in [3.8, 4) is 5.75 Å². The lowest BCUT2D eigenvalue weighted by Crippen LogP contribution is -2.42. The molecule has 142 valence electrons. The van der Waals surface area contributed by atoms with Crippen LogP contribution in [0.2, 0.25) is 0 Å². The third kappa shape index (κ3) is 3.98. The predicted octanol–water partition coefficient (Wildman–Crippen LogP) is 2.32. The van der Waals surface area contributed by atoms with Crippen LogP contribution in [-0.4, -0.2) is 42.5 Å². The zero-order valence-corrected chi connectivity index (χ0v) is 15.0. The zero-order valence-electron chi connectivity index (χ0n) is 15.0. The third-order valence-corrected chi connectivity index (χ3v) is 5.02. The lowest BCUT2D eigenvalue weighted by atomic mass is 10.1. The number of carbonyl (C=O) groups is 2. The van der Waals surface area contributed by atoms with Crippen LogP contribution in [0.15, 0.2) is 47.1 Å². The minimum atomic E-state index is -0.825. The molecule has 2 N–H and O–H groups in total. The van der Waals surface area contributed by atoms with Gasteiger partial charge in [0.2, 0.25) is 5.91 Å². The molecule has 1 saturated heterocycles. The fourth-order valence-corrected chi connectivity index (χ4v) is 3.62. The van der Waals surface area contributed by atoms with Crippen molar-refractivity contribution in [3.05, 3.63) is 48.4 Å². The van der Waals surface area contributed by atoms with Gasteiger partial charge in [0.1, 0.15) is 11.5 Å². The van der Waals surface area contributed by atoms with Crippen LogP contribution < -0.4 is 15.4 Å². The summed E-state index contributed by atoms with van der Waals surface area (Å²) in [6.07, 6.45) is 3.11. The van der Waals surface area contributed by atoms with Crippen LogP contribution in [0.4, 0.5) is 5.69 Å². The van der Waals surface area contributed by atoms with Gasteiger partial charge in [0.15, 0.2) is 6.10 Å². The molecular formula is C20H23N3O4. The topological polar surface area (TPSA) is 83.8 Å². The van der Waals surface area contributed by atoms with Crippen molar-refractivity contribution >= 4 is 17.5 Å². The Bertz CT molecular complexity index is 799. The van der Waals surface area contributed by atoms with Crippen LogP contribution in [0.1, 0.15) is 31.1 Å². The van der Waals surface area contributed by atoms with Crippen LogP contribution in [0.3, 0.4) is 0 Å². The summed E-state index contributed by atoms with van der Waals surface area (Å²) in [6, 6.07) is 11.0. The molecule has 1 aromatic carbocycles. The first-order valence-corrected chi connectivity index (χ1v) is 9.31.